The van der Waals surface area contributed by atoms with E-state index in [2.05, 4.69) is 5.32 Å². The molecule has 2 amide bonds. The van der Waals surface area contributed by atoms with Crippen LogP contribution in [-0.2, 0) is 4.79 Å². The Morgan fingerprint density at radius 3 is 2.22 bits per heavy atom. The minimum absolute atomic E-state index is 0.0703. The van der Waals surface area contributed by atoms with Gasteiger partial charge in [0.25, 0.3) is 5.91 Å². The van der Waals surface area contributed by atoms with Gasteiger partial charge in [-0.1, -0.05) is 43.2 Å². The molecule has 1 aromatic heterocycles. The number of nitrogens with zero attached hydrogens (tertiary/aromatic N) is 1. The molecule has 0 bridgehead atoms. The van der Waals surface area contributed by atoms with Gasteiger partial charge in [-0.15, -0.1) is 0 Å². The number of Topliss-reactive ketones (excluding diaryl/α,β-unsaturated/α-hetero) is 1. The molecule has 2 aromatic carbocycles. The summed E-state index contributed by atoms with van der Waals surface area (Å²) in [7, 11) is 0. The number of amides is 2. The third-order valence-electron chi connectivity index (χ3n) is 5.83. The monoisotopic (exact) mass is 430 g/mol. The highest BCUT2D eigenvalue weighted by molar-refractivity contribution is 6.09. The second-order valence-corrected chi connectivity index (χ2v) is 8.06. The minimum Gasteiger partial charge on any atom is -0.459 e. The van der Waals surface area contributed by atoms with Gasteiger partial charge < -0.3 is 9.73 Å². The topological polar surface area (TPSA) is 79.6 Å². The molecule has 3 aromatic rings. The van der Waals surface area contributed by atoms with Gasteiger partial charge in [-0.3, -0.25) is 19.3 Å². The van der Waals surface area contributed by atoms with Crippen LogP contribution in [0.4, 0.5) is 5.69 Å². The van der Waals surface area contributed by atoms with Crippen molar-refractivity contribution in [2.45, 2.75) is 44.7 Å². The number of ketones is 1. The summed E-state index contributed by atoms with van der Waals surface area (Å²) in [6, 6.07) is 18.4. The van der Waals surface area contributed by atoms with E-state index in [-0.39, 0.29) is 23.5 Å². The number of hydrogen-bond donors (Lipinski definition) is 1. The fourth-order valence-corrected chi connectivity index (χ4v) is 4.16. The molecule has 1 aliphatic rings. The van der Waals surface area contributed by atoms with Gasteiger partial charge in [-0.05, 0) is 61.7 Å². The fourth-order valence-electron chi connectivity index (χ4n) is 4.16. The molecule has 0 unspecified atom stereocenters. The normalized spacial score (nSPS) is 14.7. The van der Waals surface area contributed by atoms with Crippen LogP contribution in [0.15, 0.2) is 77.4 Å². The second kappa shape index (κ2) is 9.64. The summed E-state index contributed by atoms with van der Waals surface area (Å²) >= 11 is 0. The van der Waals surface area contributed by atoms with Crippen LogP contribution in [-0.4, -0.2) is 23.6 Å². The number of benzene rings is 2. The van der Waals surface area contributed by atoms with Crippen molar-refractivity contribution in [2.24, 2.45) is 0 Å². The molecule has 1 fully saturated rings. The van der Waals surface area contributed by atoms with Gasteiger partial charge in [0, 0.05) is 17.3 Å². The number of hydrogen-bond acceptors (Lipinski definition) is 4. The standard InChI is InChI=1S/C26H26N2O4/c1-18(29)19-13-15-22(16-14-19)28(26(31)23-12-7-17-32-23)24(20-8-3-2-4-9-20)25(30)27-21-10-5-6-11-21/h2-4,7-9,12-17,21,24H,5-6,10-11H2,1H3,(H,27,30)/t24-/m1/s1. The zero-order chi connectivity index (χ0) is 22.5. The van der Waals surface area contributed by atoms with Crippen LogP contribution in [0, 0.1) is 0 Å². The molecular weight excluding hydrogens is 404 g/mol. The van der Waals surface area contributed by atoms with Gasteiger partial charge in [0.2, 0.25) is 5.91 Å². The first-order chi connectivity index (χ1) is 15.5. The van der Waals surface area contributed by atoms with Crippen molar-refractivity contribution in [3.8, 4) is 0 Å². The Hall–Kier alpha value is -3.67. The minimum atomic E-state index is -0.891. The Kier molecular flexibility index (Phi) is 6.50. The Morgan fingerprint density at radius 2 is 1.62 bits per heavy atom. The van der Waals surface area contributed by atoms with E-state index >= 15 is 0 Å². The quantitative estimate of drug-likeness (QED) is 0.539. The highest BCUT2D eigenvalue weighted by Crippen LogP contribution is 2.31. The third kappa shape index (κ3) is 4.64. The van der Waals surface area contributed by atoms with Crippen molar-refractivity contribution in [3.63, 3.8) is 0 Å². The number of nitrogens with one attached hydrogen (secondary N) is 1. The van der Waals surface area contributed by atoms with Gasteiger partial charge in [0.05, 0.1) is 6.26 Å². The summed E-state index contributed by atoms with van der Waals surface area (Å²) < 4.78 is 5.38. The zero-order valence-corrected chi connectivity index (χ0v) is 18.0. The number of carbonyl (C=O) groups excluding carboxylic acids is 3. The highest BCUT2D eigenvalue weighted by atomic mass is 16.3. The Labute approximate surface area is 187 Å². The van der Waals surface area contributed by atoms with Gasteiger partial charge in [-0.2, -0.15) is 0 Å². The smallest absolute Gasteiger partial charge is 0.294 e. The van der Waals surface area contributed by atoms with E-state index in [0.717, 1.165) is 25.7 Å². The third-order valence-corrected chi connectivity index (χ3v) is 5.83. The van der Waals surface area contributed by atoms with Crippen LogP contribution >= 0.6 is 0 Å². The fraction of sp³-hybridized carbons (Fsp3) is 0.269. The van der Waals surface area contributed by atoms with Gasteiger partial charge in [0.1, 0.15) is 6.04 Å². The molecule has 0 saturated heterocycles. The summed E-state index contributed by atoms with van der Waals surface area (Å²) in [6.07, 6.45) is 5.48. The van der Waals surface area contributed by atoms with E-state index in [9.17, 15) is 14.4 Å². The van der Waals surface area contributed by atoms with Crippen molar-refractivity contribution in [2.75, 3.05) is 4.90 Å². The molecule has 1 N–H and O–H groups in total. The predicted octanol–water partition coefficient (Wildman–Crippen LogP) is 4.93. The second-order valence-electron chi connectivity index (χ2n) is 8.06. The number of anilines is 1. The molecule has 0 aliphatic heterocycles. The average molecular weight is 431 g/mol. The van der Waals surface area contributed by atoms with E-state index in [4.69, 9.17) is 4.42 Å². The van der Waals surface area contributed by atoms with E-state index < -0.39 is 11.9 Å². The zero-order valence-electron chi connectivity index (χ0n) is 18.0. The molecule has 6 nitrogen and oxygen atoms in total. The van der Waals surface area contributed by atoms with Crippen LogP contribution in [0.1, 0.15) is 65.1 Å². The number of furan rings is 1. The summed E-state index contributed by atoms with van der Waals surface area (Å²) in [6.45, 7) is 1.49. The van der Waals surface area contributed by atoms with Crippen LogP contribution in [0.2, 0.25) is 0 Å². The molecule has 4 rings (SSSR count). The summed E-state index contributed by atoms with van der Waals surface area (Å²) in [5.74, 6) is -0.603. The predicted molar refractivity (Wildman–Crippen MR) is 122 cm³/mol. The van der Waals surface area contributed by atoms with Crippen molar-refractivity contribution >= 4 is 23.3 Å². The largest absolute Gasteiger partial charge is 0.459 e. The molecular formula is C26H26N2O4. The van der Waals surface area contributed by atoms with E-state index in [1.54, 1.807) is 36.4 Å². The van der Waals surface area contributed by atoms with Crippen LogP contribution in [0.25, 0.3) is 0 Å². The molecule has 32 heavy (non-hydrogen) atoms. The van der Waals surface area contributed by atoms with E-state index in [0.29, 0.717) is 16.8 Å². The first-order valence-corrected chi connectivity index (χ1v) is 10.9. The molecule has 0 radical (unpaired) electrons. The van der Waals surface area contributed by atoms with Gasteiger partial charge >= 0.3 is 0 Å². The molecule has 164 valence electrons. The Morgan fingerprint density at radius 1 is 0.938 bits per heavy atom. The van der Waals surface area contributed by atoms with Crippen LogP contribution < -0.4 is 10.2 Å². The SMILES string of the molecule is CC(=O)c1ccc(N(C(=O)c2ccco2)[C@@H](C(=O)NC2CCCC2)c2ccccc2)cc1. The lowest BCUT2D eigenvalue weighted by Gasteiger charge is -2.32. The lowest BCUT2D eigenvalue weighted by molar-refractivity contribution is -0.123. The summed E-state index contributed by atoms with van der Waals surface area (Å²) in [5, 5.41) is 3.14. The maximum absolute atomic E-state index is 13.6. The lowest BCUT2D eigenvalue weighted by Crippen LogP contribution is -2.46. The van der Waals surface area contributed by atoms with Crippen LogP contribution in [0.5, 0.6) is 0 Å². The molecule has 1 aliphatic carbocycles. The van der Waals surface area contributed by atoms with Gasteiger partial charge in [0.15, 0.2) is 11.5 Å². The van der Waals surface area contributed by atoms with Crippen molar-refractivity contribution < 1.29 is 18.8 Å². The van der Waals surface area contributed by atoms with E-state index in [1.807, 2.05) is 30.3 Å². The molecule has 0 spiro atoms. The lowest BCUT2D eigenvalue weighted by atomic mass is 10.0. The average Bonchev–Trinajstić information content (AvgIpc) is 3.52. The van der Waals surface area contributed by atoms with Crippen molar-refractivity contribution in [1.82, 2.24) is 5.32 Å². The number of carbonyl (C=O) groups is 3. The van der Waals surface area contributed by atoms with Crippen LogP contribution in [0.3, 0.4) is 0 Å². The van der Waals surface area contributed by atoms with Gasteiger partial charge in [-0.25, -0.2) is 0 Å². The maximum Gasteiger partial charge on any atom is 0.294 e. The first kappa shape index (κ1) is 21.6. The highest BCUT2D eigenvalue weighted by Gasteiger charge is 2.35. The molecule has 1 saturated carbocycles. The molecule has 1 atom stereocenters. The summed E-state index contributed by atoms with van der Waals surface area (Å²) in [5.41, 5.74) is 1.73. The van der Waals surface area contributed by atoms with Crippen molar-refractivity contribution in [3.05, 3.63) is 89.9 Å². The molecule has 6 heteroatoms. The van der Waals surface area contributed by atoms with Crippen molar-refractivity contribution in [1.29, 1.82) is 0 Å². The Balaban J connectivity index is 1.79. The number of rotatable bonds is 7. The first-order valence-electron chi connectivity index (χ1n) is 10.9. The summed E-state index contributed by atoms with van der Waals surface area (Å²) in [4.78, 5) is 40.3. The van der Waals surface area contributed by atoms with E-state index in [1.165, 1.54) is 18.1 Å². The maximum atomic E-state index is 13.6. The molecule has 1 heterocycles. The Bertz CT molecular complexity index is 1070.